The fourth-order valence-electron chi connectivity index (χ4n) is 2.21. The van der Waals surface area contributed by atoms with E-state index in [4.69, 9.17) is 9.47 Å². The predicted molar refractivity (Wildman–Crippen MR) is 101 cm³/mol. The van der Waals surface area contributed by atoms with Gasteiger partial charge in [-0.2, -0.15) is 4.31 Å². The van der Waals surface area contributed by atoms with Gasteiger partial charge in [0.15, 0.2) is 0 Å². The van der Waals surface area contributed by atoms with Gasteiger partial charge >= 0.3 is 0 Å². The fraction of sp³-hybridized carbons (Fsp3) is 0.333. The Morgan fingerprint density at radius 1 is 1.15 bits per heavy atom. The molecular formula is C18H23N3O5S. The van der Waals surface area contributed by atoms with E-state index in [0.717, 1.165) is 16.3 Å². The smallest absolute Gasteiger partial charge is 0.235 e. The van der Waals surface area contributed by atoms with Gasteiger partial charge in [-0.25, -0.2) is 8.42 Å². The molecule has 8 nitrogen and oxygen atoms in total. The van der Waals surface area contributed by atoms with Gasteiger partial charge in [0.1, 0.15) is 18.1 Å². The Morgan fingerprint density at radius 3 is 2.44 bits per heavy atom. The van der Waals surface area contributed by atoms with Crippen molar-refractivity contribution in [2.45, 2.75) is 6.54 Å². The largest absolute Gasteiger partial charge is 0.497 e. The Bertz CT molecular complexity index is 826. The second kappa shape index (κ2) is 9.89. The molecule has 0 atom stereocenters. The van der Waals surface area contributed by atoms with Crippen LogP contribution in [0.15, 0.2) is 48.7 Å². The minimum Gasteiger partial charge on any atom is -0.497 e. The summed E-state index contributed by atoms with van der Waals surface area (Å²) in [6.45, 7) is 0.274. The Morgan fingerprint density at radius 2 is 1.85 bits per heavy atom. The number of methoxy groups -OCH3 is 1. The van der Waals surface area contributed by atoms with Crippen molar-refractivity contribution in [3.05, 3.63) is 54.4 Å². The normalized spacial score (nSPS) is 11.2. The number of rotatable bonds is 10. The van der Waals surface area contributed by atoms with E-state index in [-0.39, 0.29) is 26.2 Å². The van der Waals surface area contributed by atoms with Crippen LogP contribution in [0.2, 0.25) is 0 Å². The molecule has 0 unspecified atom stereocenters. The van der Waals surface area contributed by atoms with Crippen molar-refractivity contribution in [2.24, 2.45) is 0 Å². The first-order chi connectivity index (χ1) is 12.9. The Kier molecular flexibility index (Phi) is 7.56. The van der Waals surface area contributed by atoms with Crippen LogP contribution in [0.4, 0.5) is 0 Å². The summed E-state index contributed by atoms with van der Waals surface area (Å²) >= 11 is 0. The average molecular weight is 393 g/mol. The summed E-state index contributed by atoms with van der Waals surface area (Å²) < 4.78 is 35.5. The van der Waals surface area contributed by atoms with Crippen molar-refractivity contribution in [2.75, 3.05) is 33.1 Å². The molecule has 0 aliphatic rings. The van der Waals surface area contributed by atoms with Crippen molar-refractivity contribution in [1.82, 2.24) is 14.6 Å². The van der Waals surface area contributed by atoms with E-state index in [2.05, 4.69) is 10.3 Å². The lowest BCUT2D eigenvalue weighted by Gasteiger charge is -2.19. The molecule has 2 rings (SSSR count). The van der Waals surface area contributed by atoms with Gasteiger partial charge in [-0.15, -0.1) is 0 Å². The summed E-state index contributed by atoms with van der Waals surface area (Å²) in [6.07, 6.45) is 2.64. The molecule has 2 aromatic rings. The third kappa shape index (κ3) is 7.24. The van der Waals surface area contributed by atoms with Gasteiger partial charge in [0.2, 0.25) is 15.9 Å². The summed E-state index contributed by atoms with van der Waals surface area (Å²) in [4.78, 5) is 16.2. The molecule has 0 aliphatic carbocycles. The zero-order chi connectivity index (χ0) is 19.7. The number of nitrogens with zero attached hydrogens (tertiary/aromatic N) is 2. The van der Waals surface area contributed by atoms with E-state index in [0.29, 0.717) is 11.4 Å². The number of hydrogen-bond donors (Lipinski definition) is 1. The zero-order valence-electron chi connectivity index (χ0n) is 15.3. The van der Waals surface area contributed by atoms with E-state index in [9.17, 15) is 13.2 Å². The average Bonchev–Trinajstić information content (AvgIpc) is 2.65. The summed E-state index contributed by atoms with van der Waals surface area (Å²) in [5, 5.41) is 2.65. The summed E-state index contributed by atoms with van der Waals surface area (Å²) in [5.74, 6) is 0.970. The van der Waals surface area contributed by atoms with Crippen molar-refractivity contribution < 1.29 is 22.7 Å². The minimum atomic E-state index is -3.55. The maximum absolute atomic E-state index is 12.1. The SMILES string of the molecule is COc1ccc(OCCNC(=O)CN(Cc2ccccn2)S(C)(=O)=O)cc1. The number of carbonyl (C=O) groups excluding carboxylic acids is 1. The highest BCUT2D eigenvalue weighted by atomic mass is 32.2. The van der Waals surface area contributed by atoms with Gasteiger partial charge in [0.05, 0.1) is 38.7 Å². The summed E-state index contributed by atoms with van der Waals surface area (Å²) in [5.41, 5.74) is 0.568. The first-order valence-corrected chi connectivity index (χ1v) is 10.1. The van der Waals surface area contributed by atoms with Gasteiger partial charge in [-0.3, -0.25) is 9.78 Å². The molecule has 1 heterocycles. The van der Waals surface area contributed by atoms with Crippen molar-refractivity contribution in [3.8, 4) is 11.5 Å². The minimum absolute atomic E-state index is 0.0371. The molecule has 0 saturated carbocycles. The van der Waals surface area contributed by atoms with Gasteiger partial charge in [-0.1, -0.05) is 6.07 Å². The van der Waals surface area contributed by atoms with Crippen LogP contribution < -0.4 is 14.8 Å². The maximum Gasteiger partial charge on any atom is 0.235 e. The summed E-state index contributed by atoms with van der Waals surface area (Å²) in [6, 6.07) is 12.3. The van der Waals surface area contributed by atoms with Crippen LogP contribution in [-0.2, 0) is 21.4 Å². The lowest BCUT2D eigenvalue weighted by atomic mass is 10.3. The highest BCUT2D eigenvalue weighted by Crippen LogP contribution is 2.16. The van der Waals surface area contributed by atoms with E-state index in [1.54, 1.807) is 55.8 Å². The highest BCUT2D eigenvalue weighted by Gasteiger charge is 2.20. The van der Waals surface area contributed by atoms with Crippen LogP contribution in [0.1, 0.15) is 5.69 Å². The number of pyridine rings is 1. The fourth-order valence-corrected chi connectivity index (χ4v) is 2.93. The molecule has 0 aliphatic heterocycles. The molecule has 146 valence electrons. The molecule has 0 spiro atoms. The van der Waals surface area contributed by atoms with Gasteiger partial charge < -0.3 is 14.8 Å². The summed E-state index contributed by atoms with van der Waals surface area (Å²) in [7, 11) is -1.97. The predicted octanol–water partition coefficient (Wildman–Crippen LogP) is 1.05. The number of aromatic nitrogens is 1. The maximum atomic E-state index is 12.1. The molecule has 0 bridgehead atoms. The molecule has 1 amide bonds. The van der Waals surface area contributed by atoms with Crippen LogP contribution in [0.25, 0.3) is 0 Å². The Balaban J connectivity index is 1.79. The number of nitrogens with one attached hydrogen (secondary N) is 1. The molecular weight excluding hydrogens is 370 g/mol. The van der Waals surface area contributed by atoms with E-state index >= 15 is 0 Å². The number of carbonyl (C=O) groups is 1. The van der Waals surface area contributed by atoms with Crippen molar-refractivity contribution >= 4 is 15.9 Å². The molecule has 0 saturated heterocycles. The second-order valence-electron chi connectivity index (χ2n) is 5.73. The number of benzene rings is 1. The first kappa shape index (κ1) is 20.7. The highest BCUT2D eigenvalue weighted by molar-refractivity contribution is 7.88. The van der Waals surface area contributed by atoms with Crippen LogP contribution >= 0.6 is 0 Å². The van der Waals surface area contributed by atoms with Crippen molar-refractivity contribution in [1.29, 1.82) is 0 Å². The zero-order valence-corrected chi connectivity index (χ0v) is 16.1. The lowest BCUT2D eigenvalue weighted by molar-refractivity contribution is -0.121. The Hall–Kier alpha value is -2.65. The molecule has 0 radical (unpaired) electrons. The standard InChI is InChI=1S/C18H23N3O5S/c1-25-16-6-8-17(9-7-16)26-12-11-20-18(22)14-21(27(2,23)24)13-15-5-3-4-10-19-15/h3-10H,11-14H2,1-2H3,(H,20,22). The second-order valence-corrected chi connectivity index (χ2v) is 7.71. The third-order valence-corrected chi connectivity index (χ3v) is 4.80. The number of sulfonamides is 1. The number of amides is 1. The monoisotopic (exact) mass is 393 g/mol. The van der Waals surface area contributed by atoms with Crippen LogP contribution in [0.3, 0.4) is 0 Å². The molecule has 1 aromatic carbocycles. The van der Waals surface area contributed by atoms with E-state index < -0.39 is 15.9 Å². The quantitative estimate of drug-likeness (QED) is 0.606. The third-order valence-electron chi connectivity index (χ3n) is 3.61. The molecule has 27 heavy (non-hydrogen) atoms. The van der Waals surface area contributed by atoms with Gasteiger partial charge in [0.25, 0.3) is 0 Å². The van der Waals surface area contributed by atoms with E-state index in [1.165, 1.54) is 0 Å². The van der Waals surface area contributed by atoms with Crippen molar-refractivity contribution in [3.63, 3.8) is 0 Å². The van der Waals surface area contributed by atoms with Crippen LogP contribution in [0, 0.1) is 0 Å². The lowest BCUT2D eigenvalue weighted by Crippen LogP contribution is -2.41. The molecule has 1 aromatic heterocycles. The van der Waals surface area contributed by atoms with Crippen LogP contribution in [0.5, 0.6) is 11.5 Å². The number of hydrogen-bond acceptors (Lipinski definition) is 6. The Labute approximate surface area is 159 Å². The van der Waals surface area contributed by atoms with Crippen LogP contribution in [-0.4, -0.2) is 56.7 Å². The van der Waals surface area contributed by atoms with Gasteiger partial charge in [0, 0.05) is 6.20 Å². The molecule has 1 N–H and O–H groups in total. The first-order valence-electron chi connectivity index (χ1n) is 8.27. The molecule has 9 heteroatoms. The topological polar surface area (TPSA) is 97.8 Å². The van der Waals surface area contributed by atoms with Gasteiger partial charge in [-0.05, 0) is 36.4 Å². The molecule has 0 fully saturated rings. The number of ether oxygens (including phenoxy) is 2. The van der Waals surface area contributed by atoms with E-state index in [1.807, 2.05) is 0 Å².